The highest BCUT2D eigenvalue weighted by molar-refractivity contribution is 7.15. The van der Waals surface area contributed by atoms with E-state index in [1.54, 1.807) is 13.8 Å². The zero-order valence-corrected chi connectivity index (χ0v) is 17.6. The highest BCUT2D eigenvalue weighted by Gasteiger charge is 2.23. The number of hydrogen-bond acceptors (Lipinski definition) is 6. The van der Waals surface area contributed by atoms with Gasteiger partial charge in [0.2, 0.25) is 5.91 Å². The maximum atomic E-state index is 13.0. The van der Waals surface area contributed by atoms with Crippen LogP contribution in [0.3, 0.4) is 0 Å². The van der Waals surface area contributed by atoms with Gasteiger partial charge in [0, 0.05) is 17.0 Å². The van der Waals surface area contributed by atoms with E-state index >= 15 is 0 Å². The Kier molecular flexibility index (Phi) is 6.29. The van der Waals surface area contributed by atoms with Gasteiger partial charge in [-0.05, 0) is 33.3 Å². The topological polar surface area (TPSA) is 81.4 Å². The van der Waals surface area contributed by atoms with Crippen molar-refractivity contribution < 1.29 is 18.8 Å². The van der Waals surface area contributed by atoms with E-state index in [0.29, 0.717) is 27.6 Å². The molecular formula is C22H22N2O4S. The smallest absolute Gasteiger partial charge is 0.342 e. The van der Waals surface area contributed by atoms with Crippen molar-refractivity contribution in [1.82, 2.24) is 5.16 Å². The first-order valence-electron chi connectivity index (χ1n) is 9.08. The molecule has 0 spiro atoms. The van der Waals surface area contributed by atoms with Gasteiger partial charge in [-0.25, -0.2) is 4.79 Å². The molecule has 0 bridgehead atoms. The number of aryl methyl sites for hydroxylation is 2. The van der Waals surface area contributed by atoms with Crippen LogP contribution in [0.15, 0.2) is 51.9 Å². The predicted molar refractivity (Wildman–Crippen MR) is 113 cm³/mol. The molecule has 0 radical (unpaired) electrons. The van der Waals surface area contributed by atoms with E-state index in [1.165, 1.54) is 17.4 Å². The average Bonchev–Trinajstić information content (AvgIpc) is 3.23. The van der Waals surface area contributed by atoms with Gasteiger partial charge in [-0.2, -0.15) is 0 Å². The molecule has 1 N–H and O–H groups in total. The molecule has 0 aliphatic rings. The molecule has 6 nitrogen and oxygen atoms in total. The molecule has 0 fully saturated rings. The number of carbonyl (C=O) groups is 2. The number of thiophene rings is 1. The first-order chi connectivity index (χ1) is 13.9. The van der Waals surface area contributed by atoms with Gasteiger partial charge >= 0.3 is 5.97 Å². The summed E-state index contributed by atoms with van der Waals surface area (Å²) in [5.74, 6) is -0.190. The summed E-state index contributed by atoms with van der Waals surface area (Å²) in [7, 11) is 0. The third-order valence-electron chi connectivity index (χ3n) is 4.27. The fraction of sp³-hybridized carbons (Fsp3) is 0.227. The SMILES string of the molecule is CC(C)=CC(=O)Nc1scc(-c2ccccc2)c1C(=O)OCc1c(C)noc1C. The number of hydrogen-bond donors (Lipinski definition) is 1. The van der Waals surface area contributed by atoms with Crippen molar-refractivity contribution in [2.24, 2.45) is 0 Å². The molecule has 150 valence electrons. The van der Waals surface area contributed by atoms with Crippen LogP contribution in [0.2, 0.25) is 0 Å². The summed E-state index contributed by atoms with van der Waals surface area (Å²) >= 11 is 1.29. The van der Waals surface area contributed by atoms with Gasteiger partial charge in [0.1, 0.15) is 22.9 Å². The Balaban J connectivity index is 1.93. The Hall–Kier alpha value is -3.19. The molecular weight excluding hydrogens is 388 g/mol. The predicted octanol–water partition coefficient (Wildman–Crippen LogP) is 5.28. The summed E-state index contributed by atoms with van der Waals surface area (Å²) in [4.78, 5) is 25.2. The second kappa shape index (κ2) is 8.87. The Labute approximate surface area is 173 Å². The molecule has 0 saturated heterocycles. The number of anilines is 1. The largest absolute Gasteiger partial charge is 0.457 e. The van der Waals surface area contributed by atoms with Crippen LogP contribution in [-0.4, -0.2) is 17.0 Å². The number of benzene rings is 1. The fourth-order valence-electron chi connectivity index (χ4n) is 2.81. The summed E-state index contributed by atoms with van der Waals surface area (Å²) in [5.41, 5.74) is 4.21. The normalized spacial score (nSPS) is 10.5. The van der Waals surface area contributed by atoms with Crippen molar-refractivity contribution in [2.75, 3.05) is 5.32 Å². The summed E-state index contributed by atoms with van der Waals surface area (Å²) in [6.07, 6.45) is 1.49. The van der Waals surface area contributed by atoms with Crippen LogP contribution in [0, 0.1) is 13.8 Å². The minimum atomic E-state index is -0.516. The highest BCUT2D eigenvalue weighted by Crippen LogP contribution is 2.36. The van der Waals surface area contributed by atoms with E-state index in [1.807, 2.05) is 49.6 Å². The molecule has 0 aliphatic carbocycles. The first-order valence-corrected chi connectivity index (χ1v) is 9.96. The van der Waals surface area contributed by atoms with Crippen molar-refractivity contribution in [3.05, 3.63) is 69.9 Å². The lowest BCUT2D eigenvalue weighted by Gasteiger charge is -2.09. The molecule has 0 aliphatic heterocycles. The van der Waals surface area contributed by atoms with Gasteiger partial charge in [-0.3, -0.25) is 4.79 Å². The number of ether oxygens (including phenoxy) is 1. The standard InChI is InChI=1S/C22H22N2O4S/c1-13(2)10-19(25)23-21-20(18(12-29-21)16-8-6-5-7-9-16)22(26)27-11-17-14(3)24-28-15(17)4/h5-10,12H,11H2,1-4H3,(H,23,25). The second-order valence-corrected chi connectivity index (χ2v) is 7.69. The summed E-state index contributed by atoms with van der Waals surface area (Å²) in [5, 5.41) is 8.98. The van der Waals surface area contributed by atoms with Gasteiger partial charge in [0.25, 0.3) is 0 Å². The lowest BCUT2D eigenvalue weighted by Crippen LogP contribution is -2.13. The van der Waals surface area contributed by atoms with E-state index in [-0.39, 0.29) is 12.5 Å². The molecule has 1 amide bonds. The van der Waals surface area contributed by atoms with E-state index < -0.39 is 5.97 Å². The van der Waals surface area contributed by atoms with Gasteiger partial charge < -0.3 is 14.6 Å². The quantitative estimate of drug-likeness (QED) is 0.441. The third kappa shape index (κ3) is 4.81. The molecule has 0 unspecified atom stereocenters. The third-order valence-corrected chi connectivity index (χ3v) is 5.16. The van der Waals surface area contributed by atoms with Crippen molar-refractivity contribution in [3.63, 3.8) is 0 Å². The van der Waals surface area contributed by atoms with Crippen LogP contribution in [0.5, 0.6) is 0 Å². The highest BCUT2D eigenvalue weighted by atomic mass is 32.1. The Morgan fingerprint density at radius 3 is 2.55 bits per heavy atom. The zero-order chi connectivity index (χ0) is 21.0. The Morgan fingerprint density at radius 2 is 1.93 bits per heavy atom. The minimum absolute atomic E-state index is 0.0471. The van der Waals surface area contributed by atoms with Crippen LogP contribution in [0.25, 0.3) is 11.1 Å². The summed E-state index contributed by atoms with van der Waals surface area (Å²) < 4.78 is 10.7. The van der Waals surface area contributed by atoms with Crippen LogP contribution in [-0.2, 0) is 16.1 Å². The van der Waals surface area contributed by atoms with Gasteiger partial charge in [-0.15, -0.1) is 11.3 Å². The van der Waals surface area contributed by atoms with E-state index in [0.717, 1.165) is 16.7 Å². The monoisotopic (exact) mass is 410 g/mol. The maximum Gasteiger partial charge on any atom is 0.342 e. The van der Waals surface area contributed by atoms with Crippen molar-refractivity contribution in [2.45, 2.75) is 34.3 Å². The molecule has 3 rings (SSSR count). The molecule has 2 aromatic heterocycles. The van der Waals surface area contributed by atoms with Crippen molar-refractivity contribution in [3.8, 4) is 11.1 Å². The molecule has 29 heavy (non-hydrogen) atoms. The number of nitrogens with one attached hydrogen (secondary N) is 1. The van der Waals surface area contributed by atoms with Crippen LogP contribution >= 0.6 is 11.3 Å². The Bertz CT molecular complexity index is 1040. The van der Waals surface area contributed by atoms with Crippen LogP contribution in [0.1, 0.15) is 41.2 Å². The maximum absolute atomic E-state index is 13.0. The number of carbonyl (C=O) groups excluding carboxylic acids is 2. The van der Waals surface area contributed by atoms with Gasteiger partial charge in [0.15, 0.2) is 0 Å². The molecule has 1 aromatic carbocycles. The van der Waals surface area contributed by atoms with E-state index in [9.17, 15) is 9.59 Å². The number of nitrogens with zero attached hydrogens (tertiary/aromatic N) is 1. The van der Waals surface area contributed by atoms with E-state index in [2.05, 4.69) is 10.5 Å². The van der Waals surface area contributed by atoms with E-state index in [4.69, 9.17) is 9.26 Å². The van der Waals surface area contributed by atoms with Crippen LogP contribution < -0.4 is 5.32 Å². The zero-order valence-electron chi connectivity index (χ0n) is 16.7. The number of amides is 1. The average molecular weight is 410 g/mol. The van der Waals surface area contributed by atoms with Crippen molar-refractivity contribution >= 4 is 28.2 Å². The molecule has 0 atom stereocenters. The number of rotatable bonds is 6. The number of allylic oxidation sites excluding steroid dienone is 1. The Morgan fingerprint density at radius 1 is 1.21 bits per heavy atom. The first kappa shape index (κ1) is 20.5. The summed E-state index contributed by atoms with van der Waals surface area (Å²) in [6.45, 7) is 7.29. The fourth-order valence-corrected chi connectivity index (χ4v) is 3.77. The molecule has 7 heteroatoms. The minimum Gasteiger partial charge on any atom is -0.457 e. The molecule has 3 aromatic rings. The number of aromatic nitrogens is 1. The second-order valence-electron chi connectivity index (χ2n) is 6.81. The lowest BCUT2D eigenvalue weighted by molar-refractivity contribution is -0.111. The van der Waals surface area contributed by atoms with Gasteiger partial charge in [-0.1, -0.05) is 41.1 Å². The number of esters is 1. The molecule has 2 heterocycles. The van der Waals surface area contributed by atoms with Crippen LogP contribution in [0.4, 0.5) is 5.00 Å². The van der Waals surface area contributed by atoms with Gasteiger partial charge in [0.05, 0.1) is 11.3 Å². The van der Waals surface area contributed by atoms with Crippen molar-refractivity contribution in [1.29, 1.82) is 0 Å². The lowest BCUT2D eigenvalue weighted by atomic mass is 10.0. The molecule has 0 saturated carbocycles. The summed E-state index contributed by atoms with van der Waals surface area (Å²) in [6, 6.07) is 9.52.